The second-order valence-electron chi connectivity index (χ2n) is 14.6. The molecule has 3 fully saturated rings. The Labute approximate surface area is 327 Å². The van der Waals surface area contributed by atoms with Crippen LogP contribution in [0.1, 0.15) is 67.7 Å². The predicted octanol–water partition coefficient (Wildman–Crippen LogP) is 5.51. The molecule has 2 aromatic carbocycles. The van der Waals surface area contributed by atoms with Gasteiger partial charge in [-0.2, -0.15) is 0 Å². The molecule has 292 valence electrons. The van der Waals surface area contributed by atoms with Crippen LogP contribution in [0.4, 0.5) is 5.69 Å². The van der Waals surface area contributed by atoms with Gasteiger partial charge >= 0.3 is 5.97 Å². The molecule has 2 bridgehead atoms. The van der Waals surface area contributed by atoms with Gasteiger partial charge in [-0.25, -0.2) is 0 Å². The smallest absolute Gasteiger partial charge is 0.313 e. The van der Waals surface area contributed by atoms with Gasteiger partial charge in [-0.15, -0.1) is 13.2 Å². The molecular formula is C42H54BrN3O8. The summed E-state index contributed by atoms with van der Waals surface area (Å²) in [6.07, 6.45) is 5.47. The van der Waals surface area contributed by atoms with E-state index in [0.29, 0.717) is 31.2 Å². The fourth-order valence-electron chi connectivity index (χ4n) is 8.39. The van der Waals surface area contributed by atoms with Crippen LogP contribution in [0.25, 0.3) is 0 Å². The molecule has 0 saturated carbocycles. The van der Waals surface area contributed by atoms with Gasteiger partial charge in [-0.05, 0) is 62.3 Å². The minimum atomic E-state index is -1.30. The number of nitrogens with one attached hydrogen (secondary N) is 1. The van der Waals surface area contributed by atoms with E-state index in [2.05, 4.69) is 34.4 Å². The van der Waals surface area contributed by atoms with Crippen LogP contribution in [0.2, 0.25) is 0 Å². The van der Waals surface area contributed by atoms with Crippen molar-refractivity contribution in [2.75, 3.05) is 38.3 Å². The number of fused-ring (bicyclic) bond motifs is 1. The third-order valence-electron chi connectivity index (χ3n) is 10.8. The number of hydrogen-bond donors (Lipinski definition) is 2. The van der Waals surface area contributed by atoms with E-state index in [-0.39, 0.29) is 55.3 Å². The number of aliphatic hydroxyl groups is 1. The second-order valence-corrected chi connectivity index (χ2v) is 15.8. The number of carbonyl (C=O) groups is 4. The van der Waals surface area contributed by atoms with Crippen LogP contribution in [-0.2, 0) is 33.4 Å². The predicted molar refractivity (Wildman–Crippen MR) is 210 cm³/mol. The molecule has 3 aliphatic heterocycles. The summed E-state index contributed by atoms with van der Waals surface area (Å²) in [5, 5.41) is 12.3. The number of aryl methyl sites for hydroxylation is 2. The van der Waals surface area contributed by atoms with E-state index in [9.17, 15) is 19.5 Å². The van der Waals surface area contributed by atoms with E-state index < -0.39 is 47.7 Å². The number of ether oxygens (including phenoxy) is 3. The first-order valence-corrected chi connectivity index (χ1v) is 19.8. The van der Waals surface area contributed by atoms with Gasteiger partial charge in [0, 0.05) is 43.7 Å². The fraction of sp³-hybridized carbons (Fsp3) is 0.524. The van der Waals surface area contributed by atoms with Gasteiger partial charge < -0.3 is 34.4 Å². The number of alkyl halides is 1. The number of halogens is 1. The number of hydrogen-bond acceptors (Lipinski definition) is 8. The summed E-state index contributed by atoms with van der Waals surface area (Å²) in [5.41, 5.74) is 1.95. The monoisotopic (exact) mass is 807 g/mol. The van der Waals surface area contributed by atoms with Crippen LogP contribution in [-0.4, -0.2) is 95.7 Å². The molecule has 3 amide bonds. The zero-order valence-electron chi connectivity index (χ0n) is 31.6. The molecule has 0 aliphatic carbocycles. The number of anilines is 1. The van der Waals surface area contributed by atoms with Crippen LogP contribution >= 0.6 is 15.9 Å². The van der Waals surface area contributed by atoms with E-state index in [1.807, 2.05) is 62.4 Å². The molecule has 1 spiro atoms. The summed E-state index contributed by atoms with van der Waals surface area (Å²) in [5.74, 6) is -3.50. The van der Waals surface area contributed by atoms with Crippen molar-refractivity contribution in [3.8, 4) is 0 Å². The highest BCUT2D eigenvalue weighted by Crippen LogP contribution is 2.60. The molecule has 8 atom stereocenters. The van der Waals surface area contributed by atoms with Crippen molar-refractivity contribution in [1.82, 2.24) is 10.2 Å². The molecule has 3 saturated heterocycles. The van der Waals surface area contributed by atoms with Crippen molar-refractivity contribution < 1.29 is 38.5 Å². The maximum atomic E-state index is 15.1. The maximum absolute atomic E-state index is 15.1. The Hall–Kier alpha value is -3.84. The number of esters is 1. The van der Waals surface area contributed by atoms with Crippen LogP contribution in [0.15, 0.2) is 73.8 Å². The molecular weight excluding hydrogens is 754 g/mol. The molecule has 3 heterocycles. The van der Waals surface area contributed by atoms with Gasteiger partial charge in [0.05, 0.1) is 30.6 Å². The lowest BCUT2D eigenvalue weighted by atomic mass is 9.70. The van der Waals surface area contributed by atoms with Crippen LogP contribution < -0.4 is 10.2 Å². The van der Waals surface area contributed by atoms with Crippen molar-refractivity contribution in [2.45, 2.75) is 93.5 Å². The quantitative estimate of drug-likeness (QED) is 0.0776. The highest BCUT2D eigenvalue weighted by Gasteiger charge is 2.77. The Morgan fingerprint density at radius 2 is 1.85 bits per heavy atom. The number of allylic oxidation sites excluding steroid dienone is 1. The van der Waals surface area contributed by atoms with Crippen LogP contribution in [0, 0.1) is 25.7 Å². The van der Waals surface area contributed by atoms with Crippen molar-refractivity contribution in [1.29, 1.82) is 0 Å². The van der Waals surface area contributed by atoms with E-state index in [1.54, 1.807) is 22.0 Å². The Kier molecular flexibility index (Phi) is 14.3. The summed E-state index contributed by atoms with van der Waals surface area (Å²) >= 11 is 3.78. The molecule has 3 aliphatic rings. The number of amides is 3. The van der Waals surface area contributed by atoms with Gasteiger partial charge in [-0.3, -0.25) is 19.2 Å². The average Bonchev–Trinajstić information content (AvgIpc) is 3.75. The summed E-state index contributed by atoms with van der Waals surface area (Å²) in [6, 6.07) is 13.3. The summed E-state index contributed by atoms with van der Waals surface area (Å²) in [7, 11) is 1.51. The third-order valence-corrected chi connectivity index (χ3v) is 11.7. The Morgan fingerprint density at radius 3 is 2.54 bits per heavy atom. The topological polar surface area (TPSA) is 135 Å². The zero-order valence-corrected chi connectivity index (χ0v) is 33.2. The summed E-state index contributed by atoms with van der Waals surface area (Å²) in [6.45, 7) is 12.2. The number of aliphatic hydroxyl groups excluding tert-OH is 1. The van der Waals surface area contributed by atoms with E-state index >= 15 is 4.79 Å². The summed E-state index contributed by atoms with van der Waals surface area (Å²) < 4.78 is 18.7. The molecule has 2 aromatic rings. The standard InChI is InChI=1S/C42H54BrN3O8/c1-6-8-18-33(48)44-31(26-52-5)36(29-16-12-11-13-17-29)53-41(51)34-35-39(49)46(22-14-9-10-15-23-47)38(42(35)25-30(43)37(34)54-42)40(50)45(21-7-2)32-24-27(3)19-20-28(32)4/h6-7,11-13,16-17,19-20,24,30-31,34-38,47H,1-2,8-10,14-15,18,21-23,25-26H2,3-5H3,(H,44,48)/t30?,31-,34-,35+,36-,37-,38-,42+/m0/s1. The second kappa shape index (κ2) is 18.7. The largest absolute Gasteiger partial charge is 0.455 e. The van der Waals surface area contributed by atoms with Gasteiger partial charge in [0.25, 0.3) is 5.91 Å². The molecule has 12 heteroatoms. The number of rotatable bonds is 20. The van der Waals surface area contributed by atoms with Crippen molar-refractivity contribution in [3.63, 3.8) is 0 Å². The van der Waals surface area contributed by atoms with Crippen molar-refractivity contribution in [3.05, 3.63) is 90.5 Å². The molecule has 0 aromatic heterocycles. The minimum absolute atomic E-state index is 0.0583. The normalized spacial score (nSPS) is 25.2. The lowest BCUT2D eigenvalue weighted by molar-refractivity contribution is -0.163. The molecule has 2 N–H and O–H groups in total. The highest BCUT2D eigenvalue weighted by molar-refractivity contribution is 9.09. The van der Waals surface area contributed by atoms with E-state index in [1.165, 1.54) is 7.11 Å². The van der Waals surface area contributed by atoms with Crippen molar-refractivity contribution >= 4 is 45.3 Å². The fourth-order valence-corrected chi connectivity index (χ4v) is 9.33. The first kappa shape index (κ1) is 41.3. The van der Waals surface area contributed by atoms with E-state index in [0.717, 1.165) is 29.7 Å². The molecule has 54 heavy (non-hydrogen) atoms. The minimum Gasteiger partial charge on any atom is -0.455 e. The number of carbonyl (C=O) groups excluding carboxylic acids is 4. The van der Waals surface area contributed by atoms with Gasteiger partial charge in [0.1, 0.15) is 17.7 Å². The molecule has 0 radical (unpaired) electrons. The number of nitrogens with zero attached hydrogens (tertiary/aromatic N) is 2. The van der Waals surface area contributed by atoms with E-state index in [4.69, 9.17) is 14.2 Å². The first-order valence-electron chi connectivity index (χ1n) is 18.9. The SMILES string of the molecule is C=CCCC(=O)N[C@@H](COC)[C@@H](OC(=O)[C@@H]1[C@H]2O[C@@]3(CC2Br)[C@H](C(=O)N(CC=C)c2cc(C)ccc2C)N(CCCCCCO)C(=O)[C@@H]13)c1ccccc1. The van der Waals surface area contributed by atoms with Gasteiger partial charge in [0.15, 0.2) is 0 Å². The molecule has 5 rings (SSSR count). The number of likely N-dealkylation sites (tertiary alicyclic amines) is 1. The zero-order chi connectivity index (χ0) is 39.0. The first-order chi connectivity index (χ1) is 26.0. The lowest BCUT2D eigenvalue weighted by Gasteiger charge is -2.37. The Balaban J connectivity index is 1.53. The third kappa shape index (κ3) is 8.51. The summed E-state index contributed by atoms with van der Waals surface area (Å²) in [4.78, 5) is 60.5. The average molecular weight is 809 g/mol. The van der Waals surface area contributed by atoms with Gasteiger partial charge in [0.2, 0.25) is 11.8 Å². The number of methoxy groups -OCH3 is 1. The van der Waals surface area contributed by atoms with Crippen LogP contribution in [0.5, 0.6) is 0 Å². The van der Waals surface area contributed by atoms with Crippen LogP contribution in [0.3, 0.4) is 0 Å². The Morgan fingerprint density at radius 1 is 1.11 bits per heavy atom. The molecule has 1 unspecified atom stereocenters. The highest BCUT2D eigenvalue weighted by atomic mass is 79.9. The Bertz CT molecular complexity index is 1670. The van der Waals surface area contributed by atoms with Gasteiger partial charge in [-0.1, -0.05) is 83.4 Å². The maximum Gasteiger partial charge on any atom is 0.313 e. The number of benzene rings is 2. The lowest BCUT2D eigenvalue weighted by Crippen LogP contribution is -2.57. The number of unbranched alkanes of at least 4 members (excludes halogenated alkanes) is 3. The van der Waals surface area contributed by atoms with Crippen molar-refractivity contribution in [2.24, 2.45) is 11.8 Å². The molecule has 11 nitrogen and oxygen atoms in total.